The maximum atomic E-state index is 12.3. The quantitative estimate of drug-likeness (QED) is 0.668. The summed E-state index contributed by atoms with van der Waals surface area (Å²) in [6.07, 6.45) is 2.86. The highest BCUT2D eigenvalue weighted by atomic mass is 32.1. The predicted octanol–water partition coefficient (Wildman–Crippen LogP) is 3.31. The number of benzene rings is 2. The maximum absolute atomic E-state index is 12.3. The zero-order chi connectivity index (χ0) is 21.2. The molecule has 0 atom stereocenters. The van der Waals surface area contributed by atoms with Crippen molar-refractivity contribution in [3.8, 4) is 0 Å². The predicted molar refractivity (Wildman–Crippen MR) is 128 cm³/mol. The monoisotopic (exact) mass is 424 g/mol. The van der Waals surface area contributed by atoms with Crippen molar-refractivity contribution in [3.63, 3.8) is 0 Å². The van der Waals surface area contributed by atoms with Crippen molar-refractivity contribution < 1.29 is 4.79 Å². The lowest BCUT2D eigenvalue weighted by molar-refractivity contribution is -0.122. The molecule has 0 bridgehead atoms. The van der Waals surface area contributed by atoms with Gasteiger partial charge in [-0.05, 0) is 54.7 Å². The largest absolute Gasteiger partial charge is 0.355 e. The lowest BCUT2D eigenvalue weighted by Crippen LogP contribution is -2.41. The number of amides is 1. The molecule has 1 aliphatic heterocycles. The van der Waals surface area contributed by atoms with Crippen LogP contribution in [0.2, 0.25) is 0 Å². The fourth-order valence-corrected chi connectivity index (χ4v) is 3.95. The highest BCUT2D eigenvalue weighted by Gasteiger charge is 2.18. The van der Waals surface area contributed by atoms with Crippen LogP contribution in [-0.4, -0.2) is 60.1 Å². The molecule has 1 fully saturated rings. The second kappa shape index (κ2) is 11.7. The summed E-state index contributed by atoms with van der Waals surface area (Å²) < 4.78 is 0. The molecule has 1 amide bonds. The summed E-state index contributed by atoms with van der Waals surface area (Å²) in [7, 11) is 0. The Morgan fingerprint density at radius 3 is 2.60 bits per heavy atom. The molecule has 0 aliphatic carbocycles. The molecule has 30 heavy (non-hydrogen) atoms. The zero-order valence-electron chi connectivity index (χ0n) is 17.8. The maximum Gasteiger partial charge on any atom is 0.234 e. The summed E-state index contributed by atoms with van der Waals surface area (Å²) in [6.45, 7) is 6.76. The van der Waals surface area contributed by atoms with E-state index >= 15 is 0 Å². The van der Waals surface area contributed by atoms with E-state index in [1.807, 2.05) is 18.2 Å². The standard InChI is InChI=1S/C24H32N4OS/c1-2-20-10-6-11-22(18-20)26-24(30)28-15-7-14-27(16-17-28)19-23(29)25-13-12-21-8-4-3-5-9-21/h3-6,8-11,18H,2,7,12-17,19H2,1H3,(H,25,29)(H,26,30). The van der Waals surface area contributed by atoms with Gasteiger partial charge in [0, 0.05) is 38.4 Å². The molecule has 0 aromatic heterocycles. The Bertz CT molecular complexity index is 827. The molecule has 2 aromatic rings. The van der Waals surface area contributed by atoms with E-state index in [1.165, 1.54) is 11.1 Å². The minimum absolute atomic E-state index is 0.0939. The molecule has 1 heterocycles. The van der Waals surface area contributed by atoms with Gasteiger partial charge in [-0.3, -0.25) is 9.69 Å². The van der Waals surface area contributed by atoms with E-state index in [2.05, 4.69) is 63.8 Å². The van der Waals surface area contributed by atoms with Gasteiger partial charge < -0.3 is 15.5 Å². The molecular weight excluding hydrogens is 392 g/mol. The Labute approximate surface area is 185 Å². The van der Waals surface area contributed by atoms with Crippen LogP contribution in [0, 0.1) is 0 Å². The molecule has 5 nitrogen and oxygen atoms in total. The smallest absolute Gasteiger partial charge is 0.234 e. The van der Waals surface area contributed by atoms with Gasteiger partial charge in [0.1, 0.15) is 0 Å². The molecule has 0 radical (unpaired) electrons. The van der Waals surface area contributed by atoms with Crippen LogP contribution >= 0.6 is 12.2 Å². The van der Waals surface area contributed by atoms with E-state index in [-0.39, 0.29) is 5.91 Å². The molecule has 1 aliphatic rings. The SMILES string of the molecule is CCc1cccc(NC(=S)N2CCCN(CC(=O)NCCc3ccccc3)CC2)c1. The first-order valence-electron chi connectivity index (χ1n) is 10.8. The second-order valence-corrected chi connectivity index (χ2v) is 8.07. The molecule has 0 saturated carbocycles. The molecule has 0 spiro atoms. The lowest BCUT2D eigenvalue weighted by Gasteiger charge is -2.24. The number of carbonyl (C=O) groups is 1. The van der Waals surface area contributed by atoms with Crippen molar-refractivity contribution in [3.05, 3.63) is 65.7 Å². The molecule has 1 saturated heterocycles. The third-order valence-electron chi connectivity index (χ3n) is 5.41. The summed E-state index contributed by atoms with van der Waals surface area (Å²) in [4.78, 5) is 16.8. The number of nitrogens with one attached hydrogen (secondary N) is 2. The van der Waals surface area contributed by atoms with Crippen molar-refractivity contribution in [2.45, 2.75) is 26.2 Å². The number of carbonyl (C=O) groups excluding carboxylic acids is 1. The normalized spacial score (nSPS) is 14.8. The highest BCUT2D eigenvalue weighted by Crippen LogP contribution is 2.13. The zero-order valence-corrected chi connectivity index (χ0v) is 18.6. The molecule has 6 heteroatoms. The number of nitrogens with zero attached hydrogens (tertiary/aromatic N) is 2. The highest BCUT2D eigenvalue weighted by molar-refractivity contribution is 7.80. The summed E-state index contributed by atoms with van der Waals surface area (Å²) in [5, 5.41) is 7.18. The van der Waals surface area contributed by atoms with Crippen molar-refractivity contribution in [2.75, 3.05) is 44.6 Å². The molecule has 160 valence electrons. The molecule has 2 N–H and O–H groups in total. The van der Waals surface area contributed by atoms with Gasteiger partial charge in [0.15, 0.2) is 5.11 Å². The molecular formula is C24H32N4OS. The summed E-state index contributed by atoms with van der Waals surface area (Å²) in [5.41, 5.74) is 3.58. The van der Waals surface area contributed by atoms with E-state index < -0.39 is 0 Å². The topological polar surface area (TPSA) is 47.6 Å². The van der Waals surface area contributed by atoms with Crippen LogP contribution in [0.4, 0.5) is 5.69 Å². The van der Waals surface area contributed by atoms with Gasteiger partial charge in [-0.15, -0.1) is 0 Å². The summed E-state index contributed by atoms with van der Waals surface area (Å²) in [5.74, 6) is 0.0939. The van der Waals surface area contributed by atoms with Crippen molar-refractivity contribution in [1.29, 1.82) is 0 Å². The van der Waals surface area contributed by atoms with Crippen molar-refractivity contribution >= 4 is 28.9 Å². The first-order valence-corrected chi connectivity index (χ1v) is 11.2. The number of rotatable bonds is 7. The minimum atomic E-state index is 0.0939. The van der Waals surface area contributed by atoms with Crippen LogP contribution < -0.4 is 10.6 Å². The van der Waals surface area contributed by atoms with Crippen LogP contribution in [-0.2, 0) is 17.6 Å². The Kier molecular flexibility index (Phi) is 8.66. The van der Waals surface area contributed by atoms with Crippen LogP contribution in [0.5, 0.6) is 0 Å². The fourth-order valence-electron chi connectivity index (χ4n) is 3.65. The average Bonchev–Trinajstić information content (AvgIpc) is 3.00. The van der Waals surface area contributed by atoms with E-state index in [1.54, 1.807) is 0 Å². The van der Waals surface area contributed by atoms with Gasteiger partial charge >= 0.3 is 0 Å². The van der Waals surface area contributed by atoms with E-state index in [4.69, 9.17) is 12.2 Å². The van der Waals surface area contributed by atoms with Gasteiger partial charge in [-0.25, -0.2) is 0 Å². The summed E-state index contributed by atoms with van der Waals surface area (Å²) >= 11 is 5.64. The summed E-state index contributed by atoms with van der Waals surface area (Å²) in [6, 6.07) is 18.6. The molecule has 0 unspecified atom stereocenters. The van der Waals surface area contributed by atoms with Gasteiger partial charge in [0.2, 0.25) is 5.91 Å². The van der Waals surface area contributed by atoms with Gasteiger partial charge in [-0.1, -0.05) is 49.4 Å². The van der Waals surface area contributed by atoms with Crippen LogP contribution in [0.25, 0.3) is 0 Å². The van der Waals surface area contributed by atoms with Crippen LogP contribution in [0.1, 0.15) is 24.5 Å². The lowest BCUT2D eigenvalue weighted by atomic mass is 10.1. The van der Waals surface area contributed by atoms with Gasteiger partial charge in [0.25, 0.3) is 0 Å². The van der Waals surface area contributed by atoms with Crippen molar-refractivity contribution in [1.82, 2.24) is 15.1 Å². The Morgan fingerprint density at radius 2 is 1.80 bits per heavy atom. The van der Waals surface area contributed by atoms with E-state index in [9.17, 15) is 4.79 Å². The minimum Gasteiger partial charge on any atom is -0.355 e. The number of hydrogen-bond donors (Lipinski definition) is 2. The van der Waals surface area contributed by atoms with Crippen molar-refractivity contribution in [2.24, 2.45) is 0 Å². The van der Waals surface area contributed by atoms with E-state index in [0.717, 1.165) is 56.2 Å². The van der Waals surface area contributed by atoms with Gasteiger partial charge in [0.05, 0.1) is 6.54 Å². The van der Waals surface area contributed by atoms with Gasteiger partial charge in [-0.2, -0.15) is 0 Å². The average molecular weight is 425 g/mol. The number of anilines is 1. The third-order valence-corrected chi connectivity index (χ3v) is 5.77. The van der Waals surface area contributed by atoms with E-state index in [0.29, 0.717) is 13.1 Å². The molecule has 3 rings (SSSR count). The Balaban J connectivity index is 1.40. The molecule has 2 aromatic carbocycles. The number of thiocarbonyl (C=S) groups is 1. The number of aryl methyl sites for hydroxylation is 1. The Morgan fingerprint density at radius 1 is 1.00 bits per heavy atom. The first-order chi connectivity index (χ1) is 14.6. The second-order valence-electron chi connectivity index (χ2n) is 7.69. The fraction of sp³-hybridized carbons (Fsp3) is 0.417. The first kappa shape index (κ1) is 22.2. The number of hydrogen-bond acceptors (Lipinski definition) is 3. The van der Waals surface area contributed by atoms with Crippen LogP contribution in [0.15, 0.2) is 54.6 Å². The third kappa shape index (κ3) is 7.11. The van der Waals surface area contributed by atoms with Crippen LogP contribution in [0.3, 0.4) is 0 Å². The Hall–Kier alpha value is -2.44.